The normalized spacial score (nSPS) is 14.4. The van der Waals surface area contributed by atoms with Crippen molar-refractivity contribution in [1.29, 1.82) is 0 Å². The van der Waals surface area contributed by atoms with Crippen LogP contribution in [0.25, 0.3) is 0 Å². The summed E-state index contributed by atoms with van der Waals surface area (Å²) in [5.41, 5.74) is 0.855. The minimum absolute atomic E-state index is 0.0425. The van der Waals surface area contributed by atoms with E-state index >= 15 is 0 Å². The number of piperidine rings is 1. The summed E-state index contributed by atoms with van der Waals surface area (Å²) >= 11 is 0. The number of aromatic nitrogens is 1. The molecule has 2 aromatic heterocycles. The van der Waals surface area contributed by atoms with Crippen molar-refractivity contribution in [3.8, 4) is 0 Å². The number of furan rings is 1. The maximum Gasteiger partial charge on any atom is 0.259 e. The predicted molar refractivity (Wildman–Crippen MR) is 117 cm³/mol. The molecule has 1 fully saturated rings. The highest BCUT2D eigenvalue weighted by molar-refractivity contribution is 7.89. The third-order valence-electron chi connectivity index (χ3n) is 5.11. The van der Waals surface area contributed by atoms with Gasteiger partial charge in [-0.05, 0) is 61.7 Å². The van der Waals surface area contributed by atoms with Crippen molar-refractivity contribution in [2.75, 3.05) is 23.3 Å². The Labute approximate surface area is 181 Å². The van der Waals surface area contributed by atoms with E-state index in [1.807, 2.05) is 0 Å². The van der Waals surface area contributed by atoms with E-state index in [-0.39, 0.29) is 17.3 Å². The summed E-state index contributed by atoms with van der Waals surface area (Å²) in [6.07, 6.45) is 6.49. The first-order chi connectivity index (χ1) is 15.0. The van der Waals surface area contributed by atoms with Gasteiger partial charge in [0.2, 0.25) is 10.0 Å². The van der Waals surface area contributed by atoms with Gasteiger partial charge in [-0.2, -0.15) is 0 Å². The second-order valence-electron chi connectivity index (χ2n) is 7.31. The molecule has 1 aromatic carbocycles. The molecule has 0 radical (unpaired) electrons. The summed E-state index contributed by atoms with van der Waals surface area (Å²) in [6, 6.07) is 13.0. The topological polar surface area (TPSA) is 105 Å². The summed E-state index contributed by atoms with van der Waals surface area (Å²) in [7, 11) is -3.77. The lowest BCUT2D eigenvalue weighted by molar-refractivity contribution is 0.102. The van der Waals surface area contributed by atoms with Crippen LogP contribution in [0.2, 0.25) is 0 Å². The minimum atomic E-state index is -3.77. The van der Waals surface area contributed by atoms with Crippen LogP contribution in [-0.2, 0) is 16.6 Å². The van der Waals surface area contributed by atoms with Gasteiger partial charge in [0.15, 0.2) is 0 Å². The summed E-state index contributed by atoms with van der Waals surface area (Å²) in [5.74, 6) is 0.838. The fraction of sp³-hybridized carbons (Fsp3) is 0.273. The Bertz CT molecular complexity index is 1140. The van der Waals surface area contributed by atoms with Gasteiger partial charge < -0.3 is 14.6 Å². The molecule has 0 spiro atoms. The van der Waals surface area contributed by atoms with E-state index in [4.69, 9.17) is 4.42 Å². The molecule has 1 aliphatic rings. The Hall–Kier alpha value is -3.17. The summed E-state index contributed by atoms with van der Waals surface area (Å²) in [5, 5.41) is 2.80. The van der Waals surface area contributed by atoms with E-state index in [0.717, 1.165) is 25.9 Å². The number of pyridine rings is 1. The predicted octanol–water partition coefficient (Wildman–Crippen LogP) is 3.40. The monoisotopic (exact) mass is 440 g/mol. The Morgan fingerprint density at radius 2 is 1.90 bits per heavy atom. The largest absolute Gasteiger partial charge is 0.468 e. The van der Waals surface area contributed by atoms with E-state index < -0.39 is 10.0 Å². The fourth-order valence-electron chi connectivity index (χ4n) is 3.53. The lowest BCUT2D eigenvalue weighted by atomic mass is 10.1. The van der Waals surface area contributed by atoms with E-state index in [1.165, 1.54) is 24.8 Å². The lowest BCUT2D eigenvalue weighted by Gasteiger charge is -2.29. The number of benzene rings is 1. The Morgan fingerprint density at radius 1 is 1.06 bits per heavy atom. The zero-order valence-corrected chi connectivity index (χ0v) is 17.8. The average molecular weight is 441 g/mol. The van der Waals surface area contributed by atoms with Crippen LogP contribution in [0, 0.1) is 0 Å². The zero-order valence-electron chi connectivity index (χ0n) is 17.0. The zero-order chi connectivity index (χ0) is 21.7. The van der Waals surface area contributed by atoms with Gasteiger partial charge in [-0.25, -0.2) is 18.1 Å². The van der Waals surface area contributed by atoms with Gasteiger partial charge in [0.25, 0.3) is 5.91 Å². The molecule has 0 aliphatic carbocycles. The van der Waals surface area contributed by atoms with Crippen LogP contribution in [0.5, 0.6) is 0 Å². The number of rotatable bonds is 7. The van der Waals surface area contributed by atoms with Crippen LogP contribution in [0.3, 0.4) is 0 Å². The maximum atomic E-state index is 13.0. The molecular formula is C22H24N4O4S. The Balaban J connectivity index is 1.50. The first-order valence-electron chi connectivity index (χ1n) is 10.2. The number of nitrogens with one attached hydrogen (secondary N) is 2. The highest BCUT2D eigenvalue weighted by Crippen LogP contribution is 2.23. The van der Waals surface area contributed by atoms with Gasteiger partial charge in [-0.1, -0.05) is 6.07 Å². The van der Waals surface area contributed by atoms with Crippen LogP contribution >= 0.6 is 0 Å². The quantitative estimate of drug-likeness (QED) is 0.584. The molecular weight excluding hydrogens is 416 g/mol. The molecule has 1 amide bonds. The summed E-state index contributed by atoms with van der Waals surface area (Å²) in [4.78, 5) is 19.6. The van der Waals surface area contributed by atoms with E-state index in [2.05, 4.69) is 19.9 Å². The molecule has 3 heterocycles. The third kappa shape index (κ3) is 5.12. The van der Waals surface area contributed by atoms with E-state index in [1.54, 1.807) is 42.6 Å². The van der Waals surface area contributed by atoms with Crippen molar-refractivity contribution in [2.45, 2.75) is 30.7 Å². The van der Waals surface area contributed by atoms with E-state index in [0.29, 0.717) is 22.8 Å². The number of anilines is 2. The standard InChI is InChI=1S/C22H24N4O4S/c27-22(20-10-5-11-23-21(20)26-12-2-1-3-13-26)25-17-7-4-9-19(15-17)31(28,29)24-16-18-8-6-14-30-18/h4-11,14-15,24H,1-3,12-13,16H2,(H,25,27). The molecule has 0 saturated carbocycles. The minimum Gasteiger partial charge on any atom is -0.468 e. The molecule has 1 saturated heterocycles. The van der Waals surface area contributed by atoms with Crippen LogP contribution in [-0.4, -0.2) is 32.4 Å². The Morgan fingerprint density at radius 3 is 2.68 bits per heavy atom. The second kappa shape index (κ2) is 9.32. The molecule has 8 nitrogen and oxygen atoms in total. The number of sulfonamides is 1. The highest BCUT2D eigenvalue weighted by Gasteiger charge is 2.20. The van der Waals surface area contributed by atoms with Gasteiger partial charge in [-0.15, -0.1) is 0 Å². The van der Waals surface area contributed by atoms with Crippen molar-refractivity contribution in [1.82, 2.24) is 9.71 Å². The first kappa shape index (κ1) is 21.1. The molecule has 9 heteroatoms. The Kier molecular flexibility index (Phi) is 6.34. The van der Waals surface area contributed by atoms with Gasteiger partial charge >= 0.3 is 0 Å². The van der Waals surface area contributed by atoms with Crippen LogP contribution < -0.4 is 14.9 Å². The van der Waals surface area contributed by atoms with Crippen molar-refractivity contribution < 1.29 is 17.6 Å². The highest BCUT2D eigenvalue weighted by atomic mass is 32.2. The third-order valence-corrected chi connectivity index (χ3v) is 6.50. The van der Waals surface area contributed by atoms with Crippen LogP contribution in [0.15, 0.2) is 70.3 Å². The van der Waals surface area contributed by atoms with Gasteiger partial charge in [0.1, 0.15) is 11.6 Å². The van der Waals surface area contributed by atoms with Gasteiger partial charge in [-0.3, -0.25) is 4.79 Å². The van der Waals surface area contributed by atoms with Crippen molar-refractivity contribution in [2.24, 2.45) is 0 Å². The number of carbonyl (C=O) groups excluding carboxylic acids is 1. The molecule has 0 atom stereocenters. The van der Waals surface area contributed by atoms with Gasteiger partial charge in [0, 0.05) is 25.0 Å². The second-order valence-corrected chi connectivity index (χ2v) is 9.08. The molecule has 1 aliphatic heterocycles. The lowest BCUT2D eigenvalue weighted by Crippen LogP contribution is -2.32. The number of carbonyl (C=O) groups is 1. The molecule has 4 rings (SSSR count). The number of hydrogen-bond acceptors (Lipinski definition) is 6. The van der Waals surface area contributed by atoms with Crippen molar-refractivity contribution >= 4 is 27.4 Å². The summed E-state index contributed by atoms with van der Waals surface area (Å²) in [6.45, 7) is 1.78. The fourth-order valence-corrected chi connectivity index (χ4v) is 4.57. The van der Waals surface area contributed by atoms with Crippen LogP contribution in [0.1, 0.15) is 35.4 Å². The summed E-state index contributed by atoms with van der Waals surface area (Å²) < 4.78 is 32.9. The number of nitrogens with zero attached hydrogens (tertiary/aromatic N) is 2. The molecule has 162 valence electrons. The van der Waals surface area contributed by atoms with E-state index in [9.17, 15) is 13.2 Å². The first-order valence-corrected chi connectivity index (χ1v) is 11.6. The van der Waals surface area contributed by atoms with Gasteiger partial charge in [0.05, 0.1) is 23.3 Å². The number of amides is 1. The SMILES string of the molecule is O=C(Nc1cccc(S(=O)(=O)NCc2ccco2)c1)c1cccnc1N1CCCCC1. The van der Waals surface area contributed by atoms with Crippen molar-refractivity contribution in [3.05, 3.63) is 72.3 Å². The van der Waals surface area contributed by atoms with Crippen molar-refractivity contribution in [3.63, 3.8) is 0 Å². The average Bonchev–Trinajstić information content (AvgIpc) is 3.32. The molecule has 3 aromatic rings. The maximum absolute atomic E-state index is 13.0. The molecule has 2 N–H and O–H groups in total. The number of hydrogen-bond donors (Lipinski definition) is 2. The molecule has 0 unspecified atom stereocenters. The van der Waals surface area contributed by atoms with Crippen LogP contribution in [0.4, 0.5) is 11.5 Å². The molecule has 0 bridgehead atoms. The smallest absolute Gasteiger partial charge is 0.259 e. The molecule has 31 heavy (non-hydrogen) atoms.